The zero-order chi connectivity index (χ0) is 22.1. The number of aliphatic hydroxyl groups is 1. The summed E-state index contributed by atoms with van der Waals surface area (Å²) >= 11 is 0. The number of carbonyl (C=O) groups is 2. The number of ether oxygens (including phenoxy) is 2. The van der Waals surface area contributed by atoms with Crippen LogP contribution >= 0.6 is 0 Å². The van der Waals surface area contributed by atoms with Gasteiger partial charge in [-0.1, -0.05) is 91.0 Å². The Kier molecular flexibility index (Phi) is 7.79. The summed E-state index contributed by atoms with van der Waals surface area (Å²) in [7, 11) is 1.25. The van der Waals surface area contributed by atoms with Gasteiger partial charge in [-0.25, -0.2) is 4.79 Å². The lowest BCUT2D eigenvalue weighted by molar-refractivity contribution is -0.142. The molecule has 2 atom stereocenters. The Bertz CT molecular complexity index is 963. The van der Waals surface area contributed by atoms with Crippen molar-refractivity contribution in [1.82, 2.24) is 4.90 Å². The van der Waals surface area contributed by atoms with Gasteiger partial charge in [-0.2, -0.15) is 0 Å². The Hall–Kier alpha value is -3.64. The van der Waals surface area contributed by atoms with E-state index in [0.717, 1.165) is 5.56 Å². The summed E-state index contributed by atoms with van der Waals surface area (Å²) in [5, 5.41) is 11.2. The molecule has 0 heterocycles. The number of rotatable bonds is 8. The number of methoxy groups -OCH3 is 1. The lowest BCUT2D eigenvalue weighted by Crippen LogP contribution is -2.42. The normalized spacial score (nSPS) is 12.5. The van der Waals surface area contributed by atoms with E-state index in [1.165, 1.54) is 12.0 Å². The van der Waals surface area contributed by atoms with E-state index in [0.29, 0.717) is 11.1 Å². The first-order chi connectivity index (χ1) is 15.1. The van der Waals surface area contributed by atoms with E-state index in [2.05, 4.69) is 0 Å². The van der Waals surface area contributed by atoms with Gasteiger partial charge in [0.2, 0.25) is 0 Å². The van der Waals surface area contributed by atoms with Crippen LogP contribution in [-0.2, 0) is 20.9 Å². The lowest BCUT2D eigenvalue weighted by Gasteiger charge is -2.34. The van der Waals surface area contributed by atoms with Crippen molar-refractivity contribution in [3.63, 3.8) is 0 Å². The minimum Gasteiger partial charge on any atom is -0.468 e. The Morgan fingerprint density at radius 3 is 1.90 bits per heavy atom. The first-order valence-electron chi connectivity index (χ1n) is 9.92. The maximum Gasteiger partial charge on any atom is 0.411 e. The van der Waals surface area contributed by atoms with E-state index in [1.54, 1.807) is 36.4 Å². The zero-order valence-electron chi connectivity index (χ0n) is 17.3. The van der Waals surface area contributed by atoms with Gasteiger partial charge in [0.05, 0.1) is 13.2 Å². The zero-order valence-corrected chi connectivity index (χ0v) is 17.3. The second-order valence-corrected chi connectivity index (χ2v) is 6.96. The number of hydrogen-bond donors (Lipinski definition) is 1. The second-order valence-electron chi connectivity index (χ2n) is 6.96. The molecule has 3 aromatic rings. The van der Waals surface area contributed by atoms with Gasteiger partial charge in [-0.3, -0.25) is 9.69 Å². The number of carbonyl (C=O) groups excluding carboxylic acids is 2. The van der Waals surface area contributed by atoms with Crippen LogP contribution in [0.1, 0.15) is 28.8 Å². The Morgan fingerprint density at radius 1 is 0.839 bits per heavy atom. The third kappa shape index (κ3) is 5.93. The predicted octanol–water partition coefficient (Wildman–Crippen LogP) is 4.27. The number of benzene rings is 3. The highest BCUT2D eigenvalue weighted by Crippen LogP contribution is 2.34. The topological polar surface area (TPSA) is 76.1 Å². The van der Waals surface area contributed by atoms with Gasteiger partial charge in [0.1, 0.15) is 19.3 Å². The first-order valence-corrected chi connectivity index (χ1v) is 9.92. The van der Waals surface area contributed by atoms with Gasteiger partial charge in [-0.05, 0) is 16.7 Å². The third-order valence-electron chi connectivity index (χ3n) is 4.88. The van der Waals surface area contributed by atoms with Gasteiger partial charge in [0, 0.05) is 0 Å². The molecule has 3 aromatic carbocycles. The van der Waals surface area contributed by atoms with Crippen molar-refractivity contribution in [2.45, 2.75) is 18.8 Å². The molecule has 0 aliphatic rings. The van der Waals surface area contributed by atoms with Gasteiger partial charge < -0.3 is 14.6 Å². The van der Waals surface area contributed by atoms with Crippen LogP contribution in [0.15, 0.2) is 91.0 Å². The van der Waals surface area contributed by atoms with Crippen molar-refractivity contribution in [1.29, 1.82) is 0 Å². The molecular formula is C25H25NO5. The van der Waals surface area contributed by atoms with Gasteiger partial charge >= 0.3 is 12.1 Å². The van der Waals surface area contributed by atoms with Gasteiger partial charge in [0.25, 0.3) is 0 Å². The number of aliphatic hydroxyl groups excluding tert-OH is 1. The number of esters is 1. The fourth-order valence-corrected chi connectivity index (χ4v) is 3.30. The van der Waals surface area contributed by atoms with Crippen LogP contribution in [0.5, 0.6) is 0 Å². The summed E-state index contributed by atoms with van der Waals surface area (Å²) in [6, 6.07) is 26.4. The Morgan fingerprint density at radius 2 is 1.35 bits per heavy atom. The number of amides is 1. The maximum absolute atomic E-state index is 13.1. The molecule has 0 unspecified atom stereocenters. The largest absolute Gasteiger partial charge is 0.468 e. The lowest BCUT2D eigenvalue weighted by atomic mass is 9.94. The molecule has 0 aromatic heterocycles. The van der Waals surface area contributed by atoms with Gasteiger partial charge in [0.15, 0.2) is 0 Å². The van der Waals surface area contributed by atoms with Crippen molar-refractivity contribution in [3.05, 3.63) is 108 Å². The minimum absolute atomic E-state index is 0.0420. The molecule has 0 aliphatic heterocycles. The quantitative estimate of drug-likeness (QED) is 0.552. The van der Waals surface area contributed by atoms with E-state index < -0.39 is 24.2 Å². The number of hydrogen-bond acceptors (Lipinski definition) is 5. The fraction of sp³-hybridized carbons (Fsp3) is 0.200. The first kappa shape index (κ1) is 22.1. The van der Waals surface area contributed by atoms with Gasteiger partial charge in [-0.15, -0.1) is 0 Å². The Labute approximate surface area is 181 Å². The third-order valence-corrected chi connectivity index (χ3v) is 4.88. The van der Waals surface area contributed by atoms with Crippen molar-refractivity contribution >= 4 is 12.1 Å². The van der Waals surface area contributed by atoms with Crippen LogP contribution < -0.4 is 0 Å². The molecule has 0 bridgehead atoms. The molecule has 160 valence electrons. The molecule has 6 heteroatoms. The molecule has 0 saturated carbocycles. The van der Waals surface area contributed by atoms with Crippen LogP contribution in [0.25, 0.3) is 0 Å². The molecule has 31 heavy (non-hydrogen) atoms. The highest BCUT2D eigenvalue weighted by atomic mass is 16.6. The summed E-state index contributed by atoms with van der Waals surface area (Å²) in [6.07, 6.45) is -1.81. The van der Waals surface area contributed by atoms with Crippen LogP contribution in [0, 0.1) is 0 Å². The summed E-state index contributed by atoms with van der Waals surface area (Å²) in [5.41, 5.74) is 2.09. The van der Waals surface area contributed by atoms with E-state index in [-0.39, 0.29) is 13.2 Å². The van der Waals surface area contributed by atoms with E-state index >= 15 is 0 Å². The molecule has 1 N–H and O–H groups in total. The molecule has 0 aliphatic carbocycles. The van der Waals surface area contributed by atoms with Crippen molar-refractivity contribution in [2.75, 3.05) is 13.7 Å². The Balaban J connectivity index is 1.94. The van der Waals surface area contributed by atoms with Crippen LogP contribution in [0.2, 0.25) is 0 Å². The molecular weight excluding hydrogens is 394 g/mol. The molecule has 0 spiro atoms. The van der Waals surface area contributed by atoms with Crippen LogP contribution in [0.3, 0.4) is 0 Å². The smallest absolute Gasteiger partial charge is 0.411 e. The highest BCUT2D eigenvalue weighted by molar-refractivity contribution is 5.78. The van der Waals surface area contributed by atoms with Crippen molar-refractivity contribution in [3.8, 4) is 0 Å². The molecule has 0 saturated heterocycles. The van der Waals surface area contributed by atoms with Crippen molar-refractivity contribution in [2.24, 2.45) is 0 Å². The minimum atomic E-state index is -1.09. The average Bonchev–Trinajstić information content (AvgIpc) is 2.83. The van der Waals surface area contributed by atoms with E-state index in [9.17, 15) is 14.7 Å². The fourth-order valence-electron chi connectivity index (χ4n) is 3.30. The van der Waals surface area contributed by atoms with Crippen molar-refractivity contribution < 1.29 is 24.2 Å². The molecule has 3 rings (SSSR count). The van der Waals surface area contributed by atoms with Crippen LogP contribution in [0.4, 0.5) is 4.79 Å². The molecule has 0 fully saturated rings. The summed E-state index contributed by atoms with van der Waals surface area (Å²) < 4.78 is 10.3. The SMILES string of the molecule is COC(=O)CN(C(=O)OCc1ccccc1)[C@@H](c1ccccc1)[C@H](O)c1ccccc1. The highest BCUT2D eigenvalue weighted by Gasteiger charge is 2.35. The van der Waals surface area contributed by atoms with Crippen LogP contribution in [-0.4, -0.2) is 35.7 Å². The second kappa shape index (κ2) is 10.9. The predicted molar refractivity (Wildman–Crippen MR) is 116 cm³/mol. The molecule has 6 nitrogen and oxygen atoms in total. The maximum atomic E-state index is 13.1. The summed E-state index contributed by atoms with van der Waals surface area (Å²) in [4.78, 5) is 26.5. The number of nitrogens with zero attached hydrogens (tertiary/aromatic N) is 1. The average molecular weight is 419 g/mol. The standard InChI is InChI=1S/C25H25NO5/c1-30-22(27)17-26(25(29)31-18-19-11-5-2-6-12-19)23(20-13-7-3-8-14-20)24(28)21-15-9-4-10-16-21/h2-16,23-24,28H,17-18H2,1H3/t23-,24+/m0/s1. The molecule has 0 radical (unpaired) electrons. The summed E-state index contributed by atoms with van der Waals surface area (Å²) in [5.74, 6) is -0.613. The van der Waals surface area contributed by atoms with E-state index in [4.69, 9.17) is 9.47 Å². The van der Waals surface area contributed by atoms with E-state index in [1.807, 2.05) is 54.6 Å². The summed E-state index contributed by atoms with van der Waals surface area (Å²) in [6.45, 7) is -0.326. The molecule has 1 amide bonds. The monoisotopic (exact) mass is 419 g/mol.